The van der Waals surface area contributed by atoms with Gasteiger partial charge in [0.15, 0.2) is 0 Å². The zero-order valence-corrected chi connectivity index (χ0v) is 10.2. The minimum atomic E-state index is 0. The molecule has 3 nitrogen and oxygen atoms in total. The molecule has 0 aliphatic carbocycles. The Balaban J connectivity index is 0.00000144. The van der Waals surface area contributed by atoms with Gasteiger partial charge >= 0.3 is 0 Å². The minimum absolute atomic E-state index is 0. The predicted octanol–water partition coefficient (Wildman–Crippen LogP) is 1.94. The summed E-state index contributed by atoms with van der Waals surface area (Å²) in [5, 5.41) is 2.12. The van der Waals surface area contributed by atoms with Crippen molar-refractivity contribution in [1.29, 1.82) is 0 Å². The van der Waals surface area contributed by atoms with Crippen LogP contribution >= 0.6 is 17.0 Å². The number of rotatable bonds is 5. The van der Waals surface area contributed by atoms with Gasteiger partial charge in [0.05, 0.1) is 0 Å². The highest BCUT2D eigenvalue weighted by Gasteiger charge is 2.09. The summed E-state index contributed by atoms with van der Waals surface area (Å²) in [6, 6.07) is 0. The standard InChI is InChI=1S/C9H19N3.BrH/c1-3-5-6-11-7-8-12(9-11)10-4-2;/h7-8,10H,3-6,9H2,1-2H3;1H. The number of halogens is 1. The summed E-state index contributed by atoms with van der Waals surface area (Å²) in [6.45, 7) is 7.50. The van der Waals surface area contributed by atoms with Gasteiger partial charge in [0.25, 0.3) is 0 Å². The summed E-state index contributed by atoms with van der Waals surface area (Å²) in [7, 11) is 0. The molecule has 0 radical (unpaired) electrons. The molecular formula is C9H20BrN3. The van der Waals surface area contributed by atoms with Crippen LogP contribution in [0.2, 0.25) is 0 Å². The van der Waals surface area contributed by atoms with E-state index in [-0.39, 0.29) is 17.0 Å². The van der Waals surface area contributed by atoms with Crippen molar-refractivity contribution in [1.82, 2.24) is 15.3 Å². The van der Waals surface area contributed by atoms with Gasteiger partial charge in [-0.2, -0.15) is 0 Å². The highest BCUT2D eigenvalue weighted by Crippen LogP contribution is 2.04. The largest absolute Gasteiger partial charge is 0.357 e. The maximum absolute atomic E-state index is 3.26. The fourth-order valence-electron chi connectivity index (χ4n) is 1.28. The van der Waals surface area contributed by atoms with E-state index in [9.17, 15) is 0 Å². The summed E-state index contributed by atoms with van der Waals surface area (Å²) in [5.74, 6) is 0. The van der Waals surface area contributed by atoms with Gasteiger partial charge in [-0.15, -0.1) is 17.0 Å². The highest BCUT2D eigenvalue weighted by atomic mass is 79.9. The zero-order valence-electron chi connectivity index (χ0n) is 8.49. The lowest BCUT2D eigenvalue weighted by Gasteiger charge is -2.20. The molecule has 0 saturated heterocycles. The van der Waals surface area contributed by atoms with E-state index in [0.717, 1.165) is 13.2 Å². The summed E-state index contributed by atoms with van der Waals surface area (Å²) in [5.41, 5.74) is 3.26. The second-order valence-electron chi connectivity index (χ2n) is 3.09. The van der Waals surface area contributed by atoms with Crippen LogP contribution in [0.15, 0.2) is 12.4 Å². The van der Waals surface area contributed by atoms with Crippen LogP contribution in [0.4, 0.5) is 0 Å². The Bertz CT molecular complexity index is 150. The van der Waals surface area contributed by atoms with Gasteiger partial charge in [0.2, 0.25) is 0 Å². The van der Waals surface area contributed by atoms with E-state index in [0.29, 0.717) is 0 Å². The summed E-state index contributed by atoms with van der Waals surface area (Å²) in [6.07, 6.45) is 6.80. The topological polar surface area (TPSA) is 18.5 Å². The molecule has 1 rings (SSSR count). The van der Waals surface area contributed by atoms with E-state index >= 15 is 0 Å². The molecule has 1 aliphatic heterocycles. The summed E-state index contributed by atoms with van der Waals surface area (Å²) >= 11 is 0. The van der Waals surface area contributed by atoms with Crippen molar-refractivity contribution in [2.75, 3.05) is 19.8 Å². The molecular weight excluding hydrogens is 230 g/mol. The quantitative estimate of drug-likeness (QED) is 0.804. The molecule has 0 amide bonds. The van der Waals surface area contributed by atoms with Crippen LogP contribution in [0.3, 0.4) is 0 Å². The van der Waals surface area contributed by atoms with E-state index in [1.807, 2.05) is 0 Å². The highest BCUT2D eigenvalue weighted by molar-refractivity contribution is 8.93. The van der Waals surface area contributed by atoms with Gasteiger partial charge in [0.1, 0.15) is 6.67 Å². The molecule has 1 aliphatic rings. The van der Waals surface area contributed by atoms with Gasteiger partial charge in [-0.25, -0.2) is 5.43 Å². The molecule has 0 fully saturated rings. The van der Waals surface area contributed by atoms with Gasteiger partial charge in [-0.3, -0.25) is 5.01 Å². The van der Waals surface area contributed by atoms with E-state index in [1.165, 1.54) is 19.4 Å². The maximum Gasteiger partial charge on any atom is 0.104 e. The van der Waals surface area contributed by atoms with Crippen molar-refractivity contribution in [3.63, 3.8) is 0 Å². The fraction of sp³-hybridized carbons (Fsp3) is 0.778. The third kappa shape index (κ3) is 4.52. The SMILES string of the molecule is Br.CCCCN1C=CN(NCC)C1. The Morgan fingerprint density at radius 1 is 1.31 bits per heavy atom. The van der Waals surface area contributed by atoms with Crippen molar-refractivity contribution >= 4 is 17.0 Å². The van der Waals surface area contributed by atoms with Crippen LogP contribution < -0.4 is 5.43 Å². The maximum atomic E-state index is 3.26. The lowest BCUT2D eigenvalue weighted by atomic mass is 10.3. The first kappa shape index (κ1) is 12.8. The number of hydrogen-bond donors (Lipinski definition) is 1. The Labute approximate surface area is 91.5 Å². The molecule has 0 saturated carbocycles. The second kappa shape index (κ2) is 7.21. The third-order valence-electron chi connectivity index (χ3n) is 1.95. The Hall–Kier alpha value is -0.220. The first-order valence-corrected chi connectivity index (χ1v) is 4.79. The average molecular weight is 250 g/mol. The Kier molecular flexibility index (Phi) is 7.09. The van der Waals surface area contributed by atoms with Crippen molar-refractivity contribution in [3.05, 3.63) is 12.4 Å². The molecule has 78 valence electrons. The van der Waals surface area contributed by atoms with Crippen molar-refractivity contribution in [2.45, 2.75) is 26.7 Å². The molecule has 4 heteroatoms. The van der Waals surface area contributed by atoms with Crippen LogP contribution in [0, 0.1) is 0 Å². The monoisotopic (exact) mass is 249 g/mol. The minimum Gasteiger partial charge on any atom is -0.357 e. The summed E-state index contributed by atoms with van der Waals surface area (Å²) in [4.78, 5) is 2.33. The third-order valence-corrected chi connectivity index (χ3v) is 1.95. The molecule has 0 aromatic heterocycles. The van der Waals surface area contributed by atoms with Gasteiger partial charge in [0, 0.05) is 25.5 Å². The molecule has 0 spiro atoms. The van der Waals surface area contributed by atoms with E-state index in [2.05, 4.69) is 41.6 Å². The van der Waals surface area contributed by atoms with Crippen molar-refractivity contribution < 1.29 is 0 Å². The van der Waals surface area contributed by atoms with Crippen LogP contribution in [-0.4, -0.2) is 29.7 Å². The molecule has 1 N–H and O–H groups in total. The Morgan fingerprint density at radius 2 is 2.08 bits per heavy atom. The molecule has 0 atom stereocenters. The fourth-order valence-corrected chi connectivity index (χ4v) is 1.28. The van der Waals surface area contributed by atoms with Gasteiger partial charge < -0.3 is 4.90 Å². The molecule has 0 aromatic rings. The van der Waals surface area contributed by atoms with Crippen LogP contribution in [0.1, 0.15) is 26.7 Å². The first-order chi connectivity index (χ1) is 5.86. The smallest absolute Gasteiger partial charge is 0.104 e. The second-order valence-corrected chi connectivity index (χ2v) is 3.09. The number of hydrogen-bond acceptors (Lipinski definition) is 3. The molecule has 0 bridgehead atoms. The first-order valence-electron chi connectivity index (χ1n) is 4.79. The van der Waals surface area contributed by atoms with Gasteiger partial charge in [-0.05, 0) is 6.42 Å². The lowest BCUT2D eigenvalue weighted by Crippen LogP contribution is -2.36. The van der Waals surface area contributed by atoms with Gasteiger partial charge in [-0.1, -0.05) is 20.3 Å². The number of nitrogens with zero attached hydrogens (tertiary/aromatic N) is 2. The Morgan fingerprint density at radius 3 is 2.69 bits per heavy atom. The van der Waals surface area contributed by atoms with E-state index in [1.54, 1.807) is 0 Å². The van der Waals surface area contributed by atoms with E-state index < -0.39 is 0 Å². The van der Waals surface area contributed by atoms with E-state index in [4.69, 9.17) is 0 Å². The van der Waals surface area contributed by atoms with Crippen LogP contribution in [-0.2, 0) is 0 Å². The van der Waals surface area contributed by atoms with Crippen molar-refractivity contribution in [3.8, 4) is 0 Å². The molecule has 13 heavy (non-hydrogen) atoms. The number of nitrogens with one attached hydrogen (secondary N) is 1. The van der Waals surface area contributed by atoms with Crippen molar-refractivity contribution in [2.24, 2.45) is 0 Å². The predicted molar refractivity (Wildman–Crippen MR) is 61.5 cm³/mol. The summed E-state index contributed by atoms with van der Waals surface area (Å²) < 4.78 is 0. The molecule has 0 aromatic carbocycles. The average Bonchev–Trinajstić information content (AvgIpc) is 2.50. The van der Waals surface area contributed by atoms with Crippen LogP contribution in [0.5, 0.6) is 0 Å². The lowest BCUT2D eigenvalue weighted by molar-refractivity contribution is 0.207. The zero-order chi connectivity index (χ0) is 8.81. The molecule has 1 heterocycles. The normalized spacial score (nSPS) is 14.9. The molecule has 0 unspecified atom stereocenters. The number of unbranched alkanes of at least 4 members (excludes halogenated alkanes) is 1. The number of hydrazine groups is 1. The van der Waals surface area contributed by atoms with Crippen LogP contribution in [0.25, 0.3) is 0 Å².